The zero-order chi connectivity index (χ0) is 25.0. The highest BCUT2D eigenvalue weighted by Gasteiger charge is 2.34. The smallest absolute Gasteiger partial charge is 0.377 e. The van der Waals surface area contributed by atoms with Crippen LogP contribution in [-0.2, 0) is 17.5 Å². The molecule has 0 bridgehead atoms. The first kappa shape index (κ1) is 24.8. The summed E-state index contributed by atoms with van der Waals surface area (Å²) in [5, 5.41) is 8.74. The van der Waals surface area contributed by atoms with Crippen molar-refractivity contribution in [2.24, 2.45) is 0 Å². The van der Waals surface area contributed by atoms with Gasteiger partial charge in [0.25, 0.3) is 0 Å². The van der Waals surface area contributed by atoms with Crippen molar-refractivity contribution in [3.63, 3.8) is 0 Å². The number of benzene rings is 3. The molecule has 0 aliphatic heterocycles. The van der Waals surface area contributed by atoms with Gasteiger partial charge in [0.15, 0.2) is 0 Å². The molecular weight excluding hydrogens is 463 g/mol. The molecule has 0 unspecified atom stereocenters. The average Bonchev–Trinajstić information content (AvgIpc) is 2.76. The molecule has 0 saturated carbocycles. The minimum atomic E-state index is -4.94. The molecule has 0 saturated heterocycles. The zero-order valence-electron chi connectivity index (χ0n) is 17.5. The van der Waals surface area contributed by atoms with Crippen molar-refractivity contribution in [1.82, 2.24) is 0 Å². The van der Waals surface area contributed by atoms with E-state index in [9.17, 15) is 30.7 Å². The molecule has 34 heavy (non-hydrogen) atoms. The maximum atomic E-state index is 14.3. The molecule has 0 aromatic heterocycles. The molecule has 0 aliphatic rings. The predicted octanol–water partition coefficient (Wildman–Crippen LogP) is 6.74. The van der Waals surface area contributed by atoms with Crippen LogP contribution in [0.5, 0.6) is 0 Å². The summed E-state index contributed by atoms with van der Waals surface area (Å²) < 4.78 is 103. The van der Waals surface area contributed by atoms with Crippen LogP contribution in [0.2, 0.25) is 0 Å². The molecule has 0 heterocycles. The Morgan fingerprint density at radius 1 is 0.824 bits per heavy atom. The lowest BCUT2D eigenvalue weighted by molar-refractivity contribution is -0.137. The van der Waals surface area contributed by atoms with Crippen LogP contribution in [-0.4, -0.2) is 6.61 Å². The van der Waals surface area contributed by atoms with Crippen molar-refractivity contribution in [3.05, 3.63) is 93.6 Å². The Hall–Kier alpha value is -3.82. The highest BCUT2D eigenvalue weighted by Crippen LogP contribution is 2.38. The highest BCUT2D eigenvalue weighted by atomic mass is 19.4. The Balaban J connectivity index is 2.05. The van der Waals surface area contributed by atoms with E-state index in [1.165, 1.54) is 6.07 Å². The fraction of sp³-hybridized carbons (Fsp3) is 0.160. The fourth-order valence-electron chi connectivity index (χ4n) is 3.13. The van der Waals surface area contributed by atoms with E-state index in [0.717, 1.165) is 24.3 Å². The summed E-state index contributed by atoms with van der Waals surface area (Å²) in [7, 11) is 0. The van der Waals surface area contributed by atoms with Crippen LogP contribution in [0.4, 0.5) is 30.7 Å². The first-order valence-corrected chi connectivity index (χ1v) is 9.73. The Labute approximate surface area is 190 Å². The molecule has 0 atom stereocenters. The van der Waals surface area contributed by atoms with E-state index in [2.05, 4.69) is 11.8 Å². The predicted molar refractivity (Wildman–Crippen MR) is 109 cm³/mol. The average molecular weight is 477 g/mol. The third kappa shape index (κ3) is 5.38. The van der Waals surface area contributed by atoms with E-state index in [1.54, 1.807) is 6.92 Å². The van der Waals surface area contributed by atoms with Gasteiger partial charge in [-0.3, -0.25) is 0 Å². The van der Waals surface area contributed by atoms with Crippen LogP contribution in [0.25, 0.3) is 11.1 Å². The lowest BCUT2D eigenvalue weighted by atomic mass is 9.96. The van der Waals surface area contributed by atoms with Gasteiger partial charge < -0.3 is 4.74 Å². The Morgan fingerprint density at radius 3 is 1.94 bits per heavy atom. The number of nitrogens with zero attached hydrogens (tertiary/aromatic N) is 1. The molecule has 0 spiro atoms. The summed E-state index contributed by atoms with van der Waals surface area (Å²) in [4.78, 5) is 0. The minimum absolute atomic E-state index is 0.0228. The monoisotopic (exact) mass is 477 g/mol. The third-order valence-corrected chi connectivity index (χ3v) is 4.70. The maximum absolute atomic E-state index is 14.3. The lowest BCUT2D eigenvalue weighted by Crippen LogP contribution is -2.08. The number of halogens is 7. The normalized spacial score (nSPS) is 11.0. The van der Waals surface area contributed by atoms with E-state index in [4.69, 9.17) is 10.00 Å². The second-order valence-electron chi connectivity index (χ2n) is 7.01. The van der Waals surface area contributed by atoms with Crippen LogP contribution in [0.1, 0.15) is 34.7 Å². The van der Waals surface area contributed by atoms with Gasteiger partial charge in [0, 0.05) is 12.2 Å². The molecule has 0 N–H and O–H groups in total. The second-order valence-corrected chi connectivity index (χ2v) is 7.01. The van der Waals surface area contributed by atoms with Crippen LogP contribution < -0.4 is 0 Å². The molecule has 2 nitrogen and oxygen atoms in total. The summed E-state index contributed by atoms with van der Waals surface area (Å²) >= 11 is 0. The van der Waals surface area contributed by atoms with Gasteiger partial charge in [0.1, 0.15) is 34.9 Å². The number of nitriles is 1. The van der Waals surface area contributed by atoms with E-state index >= 15 is 0 Å². The largest absolute Gasteiger partial charge is 0.417 e. The summed E-state index contributed by atoms with van der Waals surface area (Å²) in [5.74, 6) is -0.154. The molecule has 3 aromatic carbocycles. The quantitative estimate of drug-likeness (QED) is 0.308. The van der Waals surface area contributed by atoms with E-state index in [0.29, 0.717) is 24.8 Å². The van der Waals surface area contributed by atoms with Gasteiger partial charge in [-0.1, -0.05) is 17.9 Å². The van der Waals surface area contributed by atoms with Crippen LogP contribution in [0, 0.1) is 46.4 Å². The number of hydrogen-bond donors (Lipinski definition) is 0. The molecule has 0 aliphatic carbocycles. The Kier molecular flexibility index (Phi) is 7.29. The van der Waals surface area contributed by atoms with Gasteiger partial charge in [-0.2, -0.15) is 18.4 Å². The molecule has 0 fully saturated rings. The summed E-state index contributed by atoms with van der Waals surface area (Å²) in [6.07, 6.45) is -4.94. The van der Waals surface area contributed by atoms with E-state index in [-0.39, 0.29) is 17.7 Å². The SMILES string of the molecule is CCOCc1cc(F)c(C#Cc2ccc(-c3cc(F)c(C#N)c(F)c3)c(C(F)(F)F)c2)c(F)c1. The first-order chi connectivity index (χ1) is 16.0. The molecule has 174 valence electrons. The molecule has 0 amide bonds. The maximum Gasteiger partial charge on any atom is 0.417 e. The zero-order valence-corrected chi connectivity index (χ0v) is 17.5. The van der Waals surface area contributed by atoms with Crippen LogP contribution in [0.15, 0.2) is 42.5 Å². The number of alkyl halides is 3. The summed E-state index contributed by atoms with van der Waals surface area (Å²) in [5.41, 5.74) is -3.82. The number of hydrogen-bond acceptors (Lipinski definition) is 2. The third-order valence-electron chi connectivity index (χ3n) is 4.70. The summed E-state index contributed by atoms with van der Waals surface area (Å²) in [6, 6.07) is 7.21. The van der Waals surface area contributed by atoms with Gasteiger partial charge in [-0.15, -0.1) is 0 Å². The van der Waals surface area contributed by atoms with Crippen molar-refractivity contribution >= 4 is 0 Å². The molecule has 0 radical (unpaired) electrons. The first-order valence-electron chi connectivity index (χ1n) is 9.73. The van der Waals surface area contributed by atoms with Gasteiger partial charge in [0.2, 0.25) is 0 Å². The lowest BCUT2D eigenvalue weighted by Gasteiger charge is -2.14. The summed E-state index contributed by atoms with van der Waals surface area (Å²) in [6.45, 7) is 2.02. The van der Waals surface area contributed by atoms with Gasteiger partial charge in [-0.05, 0) is 60.0 Å². The van der Waals surface area contributed by atoms with Gasteiger partial charge in [-0.25, -0.2) is 17.6 Å². The molecule has 3 rings (SSSR count). The van der Waals surface area contributed by atoms with Crippen molar-refractivity contribution in [2.75, 3.05) is 6.61 Å². The van der Waals surface area contributed by atoms with Gasteiger partial charge >= 0.3 is 6.18 Å². The van der Waals surface area contributed by atoms with E-state index < -0.39 is 57.3 Å². The van der Waals surface area contributed by atoms with Crippen molar-refractivity contribution in [1.29, 1.82) is 5.26 Å². The molecule has 9 heteroatoms. The van der Waals surface area contributed by atoms with Crippen molar-refractivity contribution in [2.45, 2.75) is 19.7 Å². The number of ether oxygens (including phenoxy) is 1. The highest BCUT2D eigenvalue weighted by molar-refractivity contribution is 5.70. The van der Waals surface area contributed by atoms with E-state index in [1.807, 2.05) is 0 Å². The van der Waals surface area contributed by atoms with Gasteiger partial charge in [0.05, 0.1) is 17.7 Å². The van der Waals surface area contributed by atoms with Crippen LogP contribution in [0.3, 0.4) is 0 Å². The standard InChI is InChI=1S/C25H14F7NO/c1-2-34-13-15-8-21(26)18(22(27)9-15)6-4-14-3-5-17(20(7-14)25(30,31)32)16-10-23(28)19(12-33)24(29)11-16/h3,5,7-11H,2,13H2,1H3. The Morgan fingerprint density at radius 2 is 1.41 bits per heavy atom. The van der Waals surface area contributed by atoms with Crippen molar-refractivity contribution < 1.29 is 35.5 Å². The fourth-order valence-corrected chi connectivity index (χ4v) is 3.13. The molecule has 3 aromatic rings. The second kappa shape index (κ2) is 9.98. The number of rotatable bonds is 4. The van der Waals surface area contributed by atoms with Crippen molar-refractivity contribution in [3.8, 4) is 29.0 Å². The van der Waals surface area contributed by atoms with Crippen LogP contribution >= 0.6 is 0 Å². The molecular formula is C25H14F7NO. The Bertz CT molecular complexity index is 1300. The minimum Gasteiger partial charge on any atom is -0.377 e. The topological polar surface area (TPSA) is 33.0 Å².